The highest BCUT2D eigenvalue weighted by molar-refractivity contribution is 5.85. The third-order valence-electron chi connectivity index (χ3n) is 5.16. The van der Waals surface area contributed by atoms with Crippen LogP contribution in [-0.4, -0.2) is 31.2 Å². The zero-order chi connectivity index (χ0) is 17.8. The van der Waals surface area contributed by atoms with Crippen LogP contribution in [-0.2, 0) is 6.54 Å². The first kappa shape index (κ1) is 16.8. The molecule has 1 fully saturated rings. The molecule has 0 amide bonds. The minimum atomic E-state index is 0.974. The van der Waals surface area contributed by atoms with Gasteiger partial charge in [0, 0.05) is 11.3 Å². The first-order valence-electron chi connectivity index (χ1n) is 9.35. The second-order valence-corrected chi connectivity index (χ2v) is 7.05. The first-order valence-corrected chi connectivity index (χ1v) is 9.35. The van der Waals surface area contributed by atoms with Gasteiger partial charge >= 0.3 is 0 Å². The molecule has 1 aliphatic rings. The Morgan fingerprint density at radius 3 is 2.35 bits per heavy atom. The number of rotatable bonds is 5. The number of hydrogen-bond acceptors (Lipinski definition) is 2. The van der Waals surface area contributed by atoms with Crippen LogP contribution in [0.25, 0.3) is 16.5 Å². The molecule has 0 atom stereocenters. The molecule has 0 spiro atoms. The fraction of sp³-hybridized carbons (Fsp3) is 0.217. The van der Waals surface area contributed by atoms with E-state index in [0.717, 1.165) is 44.0 Å². The van der Waals surface area contributed by atoms with E-state index in [9.17, 15) is 0 Å². The van der Waals surface area contributed by atoms with Crippen LogP contribution in [0, 0.1) is 0 Å². The summed E-state index contributed by atoms with van der Waals surface area (Å²) in [6, 6.07) is 25.7. The molecule has 0 aliphatic carbocycles. The van der Waals surface area contributed by atoms with Crippen LogP contribution in [0.15, 0.2) is 79.4 Å². The second-order valence-electron chi connectivity index (χ2n) is 7.05. The third kappa shape index (κ3) is 3.96. The van der Waals surface area contributed by atoms with Crippen molar-refractivity contribution in [3.63, 3.8) is 0 Å². The van der Waals surface area contributed by atoms with Crippen LogP contribution in [0.5, 0.6) is 0 Å². The van der Waals surface area contributed by atoms with Crippen molar-refractivity contribution in [2.24, 2.45) is 0 Å². The summed E-state index contributed by atoms with van der Waals surface area (Å²) in [5.41, 5.74) is 7.06. The lowest BCUT2D eigenvalue weighted by Gasteiger charge is -2.33. The van der Waals surface area contributed by atoms with Crippen molar-refractivity contribution in [1.82, 2.24) is 10.4 Å². The van der Waals surface area contributed by atoms with Gasteiger partial charge in [-0.15, -0.1) is 0 Å². The molecule has 2 N–H and O–H groups in total. The number of hydrogen-bond donors (Lipinski definition) is 2. The van der Waals surface area contributed by atoms with Crippen LogP contribution in [0.3, 0.4) is 0 Å². The Bertz CT molecular complexity index is 880. The van der Waals surface area contributed by atoms with Crippen molar-refractivity contribution >= 4 is 16.5 Å². The van der Waals surface area contributed by atoms with Crippen molar-refractivity contribution in [2.75, 3.05) is 26.2 Å². The number of piperazine rings is 1. The van der Waals surface area contributed by atoms with Gasteiger partial charge in [-0.3, -0.25) is 0 Å². The number of fused-ring (bicyclic) bond motifs is 1. The van der Waals surface area contributed by atoms with Crippen molar-refractivity contribution in [2.45, 2.75) is 6.54 Å². The minimum absolute atomic E-state index is 0.974. The summed E-state index contributed by atoms with van der Waals surface area (Å²) in [4.78, 5) is 1.64. The molecule has 26 heavy (non-hydrogen) atoms. The quantitative estimate of drug-likeness (QED) is 0.742. The zero-order valence-corrected chi connectivity index (χ0v) is 15.1. The highest BCUT2D eigenvalue weighted by atomic mass is 15.5. The van der Waals surface area contributed by atoms with Gasteiger partial charge in [-0.2, -0.15) is 0 Å². The standard InChI is InChI=1S/C23H25N3/c1-19(22-12-11-21-9-5-6-10-23(21)17-22)24-26-15-13-25(14-16-26)18-20-7-3-2-4-8-20/h2-12,17,24H,1,13-16,18H2/p+1. The van der Waals surface area contributed by atoms with Crippen LogP contribution in [0.1, 0.15) is 11.1 Å². The summed E-state index contributed by atoms with van der Waals surface area (Å²) in [7, 11) is 0. The molecule has 3 heteroatoms. The summed E-state index contributed by atoms with van der Waals surface area (Å²) in [5, 5.41) is 4.82. The van der Waals surface area contributed by atoms with Crippen molar-refractivity contribution in [3.05, 3.63) is 90.5 Å². The van der Waals surface area contributed by atoms with Crippen molar-refractivity contribution < 1.29 is 4.90 Å². The van der Waals surface area contributed by atoms with Crippen LogP contribution in [0.2, 0.25) is 0 Å². The molecule has 0 saturated carbocycles. The topological polar surface area (TPSA) is 19.7 Å². The van der Waals surface area contributed by atoms with Gasteiger partial charge in [-0.1, -0.05) is 73.3 Å². The Labute approximate surface area is 155 Å². The lowest BCUT2D eigenvalue weighted by molar-refractivity contribution is -0.918. The van der Waals surface area contributed by atoms with Gasteiger partial charge in [-0.05, 0) is 22.4 Å². The van der Waals surface area contributed by atoms with E-state index in [1.165, 1.54) is 16.3 Å². The van der Waals surface area contributed by atoms with E-state index < -0.39 is 0 Å². The Balaban J connectivity index is 1.32. The fourth-order valence-electron chi connectivity index (χ4n) is 3.63. The summed E-state index contributed by atoms with van der Waals surface area (Å²) in [5.74, 6) is 0. The summed E-state index contributed by atoms with van der Waals surface area (Å²) in [6.07, 6.45) is 0. The van der Waals surface area contributed by atoms with E-state index in [1.54, 1.807) is 4.90 Å². The molecule has 4 rings (SSSR count). The summed E-state index contributed by atoms with van der Waals surface area (Å²) in [6.45, 7) is 9.73. The van der Waals surface area contributed by atoms with Gasteiger partial charge in [0.05, 0.1) is 26.2 Å². The predicted octanol–water partition coefficient (Wildman–Crippen LogP) is 2.72. The number of nitrogens with one attached hydrogen (secondary N) is 2. The van der Waals surface area contributed by atoms with Gasteiger partial charge in [0.25, 0.3) is 0 Å². The molecule has 1 aliphatic heterocycles. The van der Waals surface area contributed by atoms with E-state index in [4.69, 9.17) is 0 Å². The molecule has 0 bridgehead atoms. The number of hydrazine groups is 1. The number of quaternary nitrogens is 1. The van der Waals surface area contributed by atoms with E-state index in [2.05, 4.69) is 89.8 Å². The maximum absolute atomic E-state index is 4.25. The maximum atomic E-state index is 4.25. The van der Waals surface area contributed by atoms with E-state index >= 15 is 0 Å². The normalized spacial score (nSPS) is 15.8. The average Bonchev–Trinajstić information content (AvgIpc) is 2.70. The zero-order valence-electron chi connectivity index (χ0n) is 15.1. The highest BCUT2D eigenvalue weighted by Gasteiger charge is 2.20. The minimum Gasteiger partial charge on any atom is -0.329 e. The molecule has 0 radical (unpaired) electrons. The Morgan fingerprint density at radius 1 is 0.885 bits per heavy atom. The molecule has 0 aromatic heterocycles. The van der Waals surface area contributed by atoms with Gasteiger partial charge in [0.15, 0.2) is 0 Å². The van der Waals surface area contributed by atoms with E-state index in [1.807, 2.05) is 0 Å². The van der Waals surface area contributed by atoms with Gasteiger partial charge < -0.3 is 10.3 Å². The highest BCUT2D eigenvalue weighted by Crippen LogP contribution is 2.19. The first-order chi connectivity index (χ1) is 12.8. The molecular formula is C23H26N3+. The van der Waals surface area contributed by atoms with E-state index in [-0.39, 0.29) is 0 Å². The number of nitrogens with zero attached hydrogens (tertiary/aromatic N) is 1. The average molecular weight is 344 g/mol. The summed E-state index contributed by atoms with van der Waals surface area (Å²) < 4.78 is 0. The van der Waals surface area contributed by atoms with Crippen LogP contribution in [0.4, 0.5) is 0 Å². The lowest BCUT2D eigenvalue weighted by Crippen LogP contribution is -3.13. The molecule has 3 aromatic carbocycles. The molecule has 3 nitrogen and oxygen atoms in total. The smallest absolute Gasteiger partial charge is 0.103 e. The molecule has 3 aromatic rings. The predicted molar refractivity (Wildman–Crippen MR) is 109 cm³/mol. The Kier molecular flexibility index (Phi) is 5.00. The van der Waals surface area contributed by atoms with Gasteiger partial charge in [0.1, 0.15) is 6.54 Å². The van der Waals surface area contributed by atoms with E-state index in [0.29, 0.717) is 0 Å². The Morgan fingerprint density at radius 2 is 1.58 bits per heavy atom. The van der Waals surface area contributed by atoms with Crippen molar-refractivity contribution in [3.8, 4) is 0 Å². The van der Waals surface area contributed by atoms with Gasteiger partial charge in [-0.25, -0.2) is 5.01 Å². The lowest BCUT2D eigenvalue weighted by atomic mass is 10.1. The molecule has 1 saturated heterocycles. The number of benzene rings is 3. The van der Waals surface area contributed by atoms with Crippen LogP contribution < -0.4 is 10.3 Å². The largest absolute Gasteiger partial charge is 0.329 e. The second kappa shape index (κ2) is 7.73. The molecular weight excluding hydrogens is 318 g/mol. The SMILES string of the molecule is C=C(NN1CC[NH+](Cc2ccccc2)CC1)c1ccc2ccccc2c1. The van der Waals surface area contributed by atoms with Gasteiger partial charge in [0.2, 0.25) is 0 Å². The molecule has 132 valence electrons. The third-order valence-corrected chi connectivity index (χ3v) is 5.16. The summed E-state index contributed by atoms with van der Waals surface area (Å²) >= 11 is 0. The van der Waals surface area contributed by atoms with Crippen molar-refractivity contribution in [1.29, 1.82) is 0 Å². The fourth-order valence-corrected chi connectivity index (χ4v) is 3.63. The molecule has 0 unspecified atom stereocenters. The Hall–Kier alpha value is -2.62. The molecule has 1 heterocycles. The maximum Gasteiger partial charge on any atom is 0.103 e. The van der Waals surface area contributed by atoms with Crippen LogP contribution >= 0.6 is 0 Å². The monoisotopic (exact) mass is 344 g/mol.